The Morgan fingerprint density at radius 2 is 1.57 bits per heavy atom. The number of nitrogens with zero attached hydrogens (tertiary/aromatic N) is 1. The fourth-order valence-electron chi connectivity index (χ4n) is 3.79. The Morgan fingerprint density at radius 1 is 0.829 bits per heavy atom. The van der Waals surface area contributed by atoms with Crippen molar-refractivity contribution >= 4 is 29.4 Å². The molecular weight excluding hydrogens is 456 g/mol. The molecule has 3 aromatic carbocycles. The van der Waals surface area contributed by atoms with Gasteiger partial charge in [-0.15, -0.1) is 0 Å². The van der Waals surface area contributed by atoms with Gasteiger partial charge in [-0.3, -0.25) is 9.69 Å². The molecular formula is C29H34N2O3S. The molecule has 0 saturated heterocycles. The summed E-state index contributed by atoms with van der Waals surface area (Å²) in [6.07, 6.45) is 5.68. The Kier molecular flexibility index (Phi) is 10.7. The number of rotatable bonds is 13. The van der Waals surface area contributed by atoms with Crippen LogP contribution < -0.4 is 10.2 Å². The minimum absolute atomic E-state index is 0.0196. The molecule has 0 saturated carbocycles. The number of amides is 2. The number of carbonyl (C=O) groups excluding carboxylic acids is 1. The average molecular weight is 491 g/mol. The third-order valence-corrected chi connectivity index (χ3v) is 6.66. The number of aliphatic carboxylic acids is 1. The van der Waals surface area contributed by atoms with Gasteiger partial charge >= 0.3 is 12.0 Å². The molecule has 0 bridgehead atoms. The van der Waals surface area contributed by atoms with E-state index < -0.39 is 5.97 Å². The first-order valence-electron chi connectivity index (χ1n) is 12.2. The number of anilines is 1. The molecule has 0 aliphatic carbocycles. The molecule has 3 rings (SSSR count). The van der Waals surface area contributed by atoms with Crippen LogP contribution in [-0.2, 0) is 17.8 Å². The van der Waals surface area contributed by atoms with Crippen molar-refractivity contribution in [3.05, 3.63) is 90.0 Å². The second-order valence-electron chi connectivity index (χ2n) is 8.52. The molecule has 0 radical (unpaired) electrons. The van der Waals surface area contributed by atoms with Crippen molar-refractivity contribution in [3.63, 3.8) is 0 Å². The van der Waals surface area contributed by atoms with E-state index in [-0.39, 0.29) is 12.5 Å². The van der Waals surface area contributed by atoms with Gasteiger partial charge in [0.25, 0.3) is 0 Å². The Morgan fingerprint density at radius 3 is 2.29 bits per heavy atom. The van der Waals surface area contributed by atoms with Gasteiger partial charge in [-0.1, -0.05) is 92.9 Å². The number of hydrogen-bond acceptors (Lipinski definition) is 3. The molecule has 184 valence electrons. The van der Waals surface area contributed by atoms with Gasteiger partial charge < -0.3 is 10.4 Å². The van der Waals surface area contributed by atoms with Crippen LogP contribution in [0.15, 0.2) is 88.7 Å². The molecule has 0 atom stereocenters. The van der Waals surface area contributed by atoms with Crippen molar-refractivity contribution in [2.75, 3.05) is 11.4 Å². The van der Waals surface area contributed by atoms with Crippen LogP contribution in [0.2, 0.25) is 0 Å². The zero-order chi connectivity index (χ0) is 24.9. The Hall–Kier alpha value is -3.25. The lowest BCUT2D eigenvalue weighted by Crippen LogP contribution is -2.40. The first kappa shape index (κ1) is 26.4. The number of carboxylic acids is 1. The molecule has 2 amide bonds. The summed E-state index contributed by atoms with van der Waals surface area (Å²) in [5.74, 6) is -0.835. The van der Waals surface area contributed by atoms with Crippen molar-refractivity contribution in [3.8, 4) is 0 Å². The molecule has 0 fully saturated rings. The smallest absolute Gasteiger partial charge is 0.322 e. The van der Waals surface area contributed by atoms with Crippen LogP contribution >= 0.6 is 11.8 Å². The van der Waals surface area contributed by atoms with Gasteiger partial charge in [0.15, 0.2) is 0 Å². The van der Waals surface area contributed by atoms with Gasteiger partial charge in [-0.05, 0) is 47.9 Å². The standard InChI is InChI=1S/C29H34N2O3S/c1-2-3-4-5-9-19-31(29(34)30-22-24-11-7-6-8-12-24)25-13-10-14-27(21-25)35-26-17-15-23(16-18-26)20-28(32)33/h6-8,10-18,21H,2-5,9,19-20,22H2,1H3,(H,30,34)(H,32,33). The molecule has 35 heavy (non-hydrogen) atoms. The van der Waals surface area contributed by atoms with Crippen LogP contribution in [0.4, 0.5) is 10.5 Å². The topological polar surface area (TPSA) is 69.6 Å². The highest BCUT2D eigenvalue weighted by atomic mass is 32.2. The highest BCUT2D eigenvalue weighted by molar-refractivity contribution is 7.99. The Bertz CT molecular complexity index is 1070. The minimum Gasteiger partial charge on any atom is -0.481 e. The quantitative estimate of drug-likeness (QED) is 0.250. The van der Waals surface area contributed by atoms with Gasteiger partial charge in [0.2, 0.25) is 0 Å². The predicted molar refractivity (Wildman–Crippen MR) is 143 cm³/mol. The number of carboxylic acid groups (broad SMARTS) is 1. The summed E-state index contributed by atoms with van der Waals surface area (Å²) in [5, 5.41) is 12.0. The maximum atomic E-state index is 13.2. The molecule has 0 aromatic heterocycles. The molecule has 3 aromatic rings. The molecule has 6 heteroatoms. The molecule has 0 aliphatic rings. The number of urea groups is 1. The molecule has 0 heterocycles. The monoisotopic (exact) mass is 490 g/mol. The van der Waals surface area contributed by atoms with Crippen LogP contribution in [0.5, 0.6) is 0 Å². The third-order valence-electron chi connectivity index (χ3n) is 5.66. The maximum absolute atomic E-state index is 13.2. The van der Waals surface area contributed by atoms with Crippen molar-refractivity contribution in [2.45, 2.75) is 61.8 Å². The number of carbonyl (C=O) groups is 2. The van der Waals surface area contributed by atoms with E-state index in [0.717, 1.165) is 39.4 Å². The summed E-state index contributed by atoms with van der Waals surface area (Å²) >= 11 is 1.60. The number of nitrogens with one attached hydrogen (secondary N) is 1. The van der Waals surface area contributed by atoms with E-state index in [9.17, 15) is 9.59 Å². The zero-order valence-corrected chi connectivity index (χ0v) is 21.1. The van der Waals surface area contributed by atoms with Crippen LogP contribution in [0.1, 0.15) is 50.2 Å². The van der Waals surface area contributed by atoms with Crippen molar-refractivity contribution in [1.29, 1.82) is 0 Å². The molecule has 0 aliphatic heterocycles. The fourth-order valence-corrected chi connectivity index (χ4v) is 4.66. The van der Waals surface area contributed by atoms with E-state index in [1.165, 1.54) is 19.3 Å². The fraction of sp³-hybridized carbons (Fsp3) is 0.310. The highest BCUT2D eigenvalue weighted by Gasteiger charge is 2.16. The summed E-state index contributed by atoms with van der Waals surface area (Å²) < 4.78 is 0. The van der Waals surface area contributed by atoms with E-state index in [1.54, 1.807) is 11.8 Å². The van der Waals surface area contributed by atoms with Gasteiger partial charge in [-0.25, -0.2) is 4.79 Å². The molecule has 0 spiro atoms. The lowest BCUT2D eigenvalue weighted by atomic mass is 10.1. The lowest BCUT2D eigenvalue weighted by molar-refractivity contribution is -0.136. The van der Waals surface area contributed by atoms with Crippen molar-refractivity contribution in [2.24, 2.45) is 0 Å². The second kappa shape index (κ2) is 14.2. The lowest BCUT2D eigenvalue weighted by Gasteiger charge is -2.24. The van der Waals surface area contributed by atoms with Gasteiger partial charge in [0.05, 0.1) is 6.42 Å². The first-order chi connectivity index (χ1) is 17.0. The van der Waals surface area contributed by atoms with E-state index in [0.29, 0.717) is 13.1 Å². The van der Waals surface area contributed by atoms with Crippen LogP contribution in [0.3, 0.4) is 0 Å². The van der Waals surface area contributed by atoms with Gasteiger partial charge in [0.1, 0.15) is 0 Å². The summed E-state index contributed by atoms with van der Waals surface area (Å²) in [5.41, 5.74) is 2.72. The van der Waals surface area contributed by atoms with Crippen molar-refractivity contribution in [1.82, 2.24) is 5.32 Å². The summed E-state index contributed by atoms with van der Waals surface area (Å²) in [6, 6.07) is 25.4. The maximum Gasteiger partial charge on any atom is 0.322 e. The van der Waals surface area contributed by atoms with E-state index >= 15 is 0 Å². The Labute approximate surface area is 212 Å². The summed E-state index contributed by atoms with van der Waals surface area (Å²) in [4.78, 5) is 28.0. The van der Waals surface area contributed by atoms with E-state index in [1.807, 2.05) is 83.8 Å². The largest absolute Gasteiger partial charge is 0.481 e. The Balaban J connectivity index is 1.70. The number of unbranched alkanes of at least 4 members (excludes halogenated alkanes) is 4. The van der Waals surface area contributed by atoms with Gasteiger partial charge in [0, 0.05) is 28.6 Å². The normalized spacial score (nSPS) is 10.7. The van der Waals surface area contributed by atoms with Crippen LogP contribution in [-0.4, -0.2) is 23.7 Å². The average Bonchev–Trinajstić information content (AvgIpc) is 2.86. The van der Waals surface area contributed by atoms with Crippen LogP contribution in [0.25, 0.3) is 0 Å². The highest BCUT2D eigenvalue weighted by Crippen LogP contribution is 2.31. The number of hydrogen-bond donors (Lipinski definition) is 2. The molecule has 0 unspecified atom stereocenters. The van der Waals surface area contributed by atoms with Gasteiger partial charge in [-0.2, -0.15) is 0 Å². The zero-order valence-electron chi connectivity index (χ0n) is 20.3. The minimum atomic E-state index is -0.835. The molecule has 2 N–H and O–H groups in total. The third kappa shape index (κ3) is 9.13. The first-order valence-corrected chi connectivity index (χ1v) is 13.0. The van der Waals surface area contributed by atoms with E-state index in [4.69, 9.17) is 5.11 Å². The van der Waals surface area contributed by atoms with Crippen LogP contribution in [0, 0.1) is 0 Å². The van der Waals surface area contributed by atoms with Crippen molar-refractivity contribution < 1.29 is 14.7 Å². The predicted octanol–water partition coefficient (Wildman–Crippen LogP) is 7.15. The van der Waals surface area contributed by atoms with E-state index in [2.05, 4.69) is 12.2 Å². The summed E-state index contributed by atoms with van der Waals surface area (Å²) in [7, 11) is 0. The summed E-state index contributed by atoms with van der Waals surface area (Å²) in [6.45, 7) is 3.36. The second-order valence-corrected chi connectivity index (χ2v) is 9.67. The SMILES string of the molecule is CCCCCCCN(C(=O)NCc1ccccc1)c1cccc(Sc2ccc(CC(=O)O)cc2)c1. The molecule has 5 nitrogen and oxygen atoms in total. The number of benzene rings is 3.